The monoisotopic (exact) mass is 272 g/mol. The number of benzene rings is 1. The van der Waals surface area contributed by atoms with Crippen molar-refractivity contribution in [1.29, 1.82) is 0 Å². The molecule has 5 N–H and O–H groups in total. The van der Waals surface area contributed by atoms with Gasteiger partial charge in [0.05, 0.1) is 0 Å². The zero-order valence-electron chi connectivity index (χ0n) is 8.62. The summed E-state index contributed by atoms with van der Waals surface area (Å²) in [6.07, 6.45) is 2.82. The average Bonchev–Trinajstić information content (AvgIpc) is 2.17. The zero-order chi connectivity index (χ0) is 11.3. The van der Waals surface area contributed by atoms with Gasteiger partial charge in [0, 0.05) is 16.1 Å². The Kier molecular flexibility index (Phi) is 5.08. The van der Waals surface area contributed by atoms with Crippen LogP contribution < -0.4 is 11.5 Å². The number of unbranched alkanes of at least 4 members (excludes halogenated alkanes) is 1. The van der Waals surface area contributed by atoms with E-state index in [2.05, 4.69) is 15.9 Å². The highest BCUT2D eigenvalue weighted by atomic mass is 79.9. The van der Waals surface area contributed by atoms with Crippen molar-refractivity contribution < 1.29 is 5.11 Å². The van der Waals surface area contributed by atoms with Gasteiger partial charge in [0.25, 0.3) is 0 Å². The standard InChI is InChI=1S/C11H17BrN2O/c12-8-4-5-9(11(15)7-8)10(14)3-1-2-6-13/h4-5,7,10,15H,1-3,6,13-14H2/t10-/m1/s1. The van der Waals surface area contributed by atoms with Crippen LogP contribution in [0.2, 0.25) is 0 Å². The van der Waals surface area contributed by atoms with Crippen LogP contribution in [-0.4, -0.2) is 11.7 Å². The number of hydrogen-bond donors (Lipinski definition) is 3. The quantitative estimate of drug-likeness (QED) is 0.721. The smallest absolute Gasteiger partial charge is 0.121 e. The van der Waals surface area contributed by atoms with Gasteiger partial charge in [0.15, 0.2) is 0 Å². The summed E-state index contributed by atoms with van der Waals surface area (Å²) >= 11 is 3.29. The fourth-order valence-electron chi connectivity index (χ4n) is 1.49. The van der Waals surface area contributed by atoms with Crippen molar-refractivity contribution in [2.45, 2.75) is 25.3 Å². The van der Waals surface area contributed by atoms with Crippen molar-refractivity contribution in [2.75, 3.05) is 6.54 Å². The van der Waals surface area contributed by atoms with Crippen LogP contribution in [0, 0.1) is 0 Å². The highest BCUT2D eigenvalue weighted by Gasteiger charge is 2.10. The molecule has 84 valence electrons. The molecule has 0 saturated heterocycles. The Morgan fingerprint density at radius 2 is 2.07 bits per heavy atom. The third-order valence-electron chi connectivity index (χ3n) is 2.36. The summed E-state index contributed by atoms with van der Waals surface area (Å²) in [5.74, 6) is 0.254. The van der Waals surface area contributed by atoms with Crippen molar-refractivity contribution in [3.8, 4) is 5.75 Å². The Morgan fingerprint density at radius 3 is 2.67 bits per heavy atom. The predicted molar refractivity (Wildman–Crippen MR) is 65.6 cm³/mol. The molecular weight excluding hydrogens is 256 g/mol. The average molecular weight is 273 g/mol. The number of phenols is 1. The van der Waals surface area contributed by atoms with Gasteiger partial charge in [0.1, 0.15) is 5.75 Å². The molecule has 0 unspecified atom stereocenters. The van der Waals surface area contributed by atoms with Gasteiger partial charge >= 0.3 is 0 Å². The molecule has 0 bridgehead atoms. The van der Waals surface area contributed by atoms with E-state index < -0.39 is 0 Å². The van der Waals surface area contributed by atoms with Gasteiger partial charge in [0.2, 0.25) is 0 Å². The first-order valence-corrected chi connectivity index (χ1v) is 5.88. The van der Waals surface area contributed by atoms with Crippen molar-refractivity contribution in [3.05, 3.63) is 28.2 Å². The van der Waals surface area contributed by atoms with Crippen LogP contribution in [0.5, 0.6) is 5.75 Å². The summed E-state index contributed by atoms with van der Waals surface area (Å²) in [6.45, 7) is 0.693. The van der Waals surface area contributed by atoms with E-state index in [1.807, 2.05) is 12.1 Å². The number of nitrogens with two attached hydrogens (primary N) is 2. The Hall–Kier alpha value is -0.580. The molecule has 0 aliphatic heterocycles. The molecule has 0 aromatic heterocycles. The molecule has 4 heteroatoms. The molecule has 0 aliphatic carbocycles. The summed E-state index contributed by atoms with van der Waals surface area (Å²) in [4.78, 5) is 0. The minimum Gasteiger partial charge on any atom is -0.508 e. The van der Waals surface area contributed by atoms with Gasteiger partial charge in [-0.15, -0.1) is 0 Å². The van der Waals surface area contributed by atoms with Crippen molar-refractivity contribution in [2.24, 2.45) is 11.5 Å². The van der Waals surface area contributed by atoms with Gasteiger partial charge in [-0.05, 0) is 31.5 Å². The summed E-state index contributed by atoms with van der Waals surface area (Å²) in [6, 6.07) is 5.30. The topological polar surface area (TPSA) is 72.3 Å². The molecule has 1 aromatic carbocycles. The van der Waals surface area contributed by atoms with E-state index in [0.29, 0.717) is 6.54 Å². The number of halogens is 1. The number of rotatable bonds is 5. The van der Waals surface area contributed by atoms with Crippen molar-refractivity contribution in [1.82, 2.24) is 0 Å². The van der Waals surface area contributed by atoms with Crippen LogP contribution in [0.3, 0.4) is 0 Å². The fraction of sp³-hybridized carbons (Fsp3) is 0.455. The van der Waals surface area contributed by atoms with Gasteiger partial charge in [-0.25, -0.2) is 0 Å². The normalized spacial score (nSPS) is 12.7. The molecule has 0 radical (unpaired) electrons. The van der Waals surface area contributed by atoms with E-state index in [1.165, 1.54) is 0 Å². The third kappa shape index (κ3) is 3.81. The molecule has 0 saturated carbocycles. The molecule has 0 heterocycles. The summed E-state index contributed by atoms with van der Waals surface area (Å²) < 4.78 is 0.859. The van der Waals surface area contributed by atoms with E-state index in [-0.39, 0.29) is 11.8 Å². The van der Waals surface area contributed by atoms with E-state index in [4.69, 9.17) is 11.5 Å². The molecule has 1 atom stereocenters. The summed E-state index contributed by atoms with van der Waals surface area (Å²) in [7, 11) is 0. The molecule has 15 heavy (non-hydrogen) atoms. The largest absolute Gasteiger partial charge is 0.508 e. The second-order valence-corrected chi connectivity index (χ2v) is 4.51. The van der Waals surface area contributed by atoms with E-state index in [1.54, 1.807) is 6.07 Å². The fourth-order valence-corrected chi connectivity index (χ4v) is 1.84. The minimum atomic E-state index is -0.107. The van der Waals surface area contributed by atoms with Gasteiger partial charge in [-0.1, -0.05) is 28.4 Å². The van der Waals surface area contributed by atoms with Crippen LogP contribution in [0.4, 0.5) is 0 Å². The first-order valence-electron chi connectivity index (χ1n) is 5.09. The van der Waals surface area contributed by atoms with E-state index >= 15 is 0 Å². The number of hydrogen-bond acceptors (Lipinski definition) is 3. The SMILES string of the molecule is NCCCC[C@@H](N)c1ccc(Br)cc1O. The zero-order valence-corrected chi connectivity index (χ0v) is 10.2. The number of aromatic hydroxyl groups is 1. The minimum absolute atomic E-state index is 0.107. The maximum absolute atomic E-state index is 9.68. The van der Waals surface area contributed by atoms with Gasteiger partial charge in [-0.2, -0.15) is 0 Å². The molecule has 3 nitrogen and oxygen atoms in total. The Bertz CT molecular complexity index is 317. The molecule has 0 aliphatic rings. The van der Waals surface area contributed by atoms with E-state index in [0.717, 1.165) is 29.3 Å². The molecule has 0 amide bonds. The lowest BCUT2D eigenvalue weighted by atomic mass is 10.0. The first-order chi connectivity index (χ1) is 7.15. The Morgan fingerprint density at radius 1 is 1.33 bits per heavy atom. The van der Waals surface area contributed by atoms with Crippen LogP contribution in [0.15, 0.2) is 22.7 Å². The second-order valence-electron chi connectivity index (χ2n) is 3.59. The predicted octanol–water partition coefficient (Wildman–Crippen LogP) is 2.28. The molecule has 0 fully saturated rings. The molecule has 1 aromatic rings. The maximum Gasteiger partial charge on any atom is 0.121 e. The Labute approximate surface area is 98.6 Å². The van der Waals surface area contributed by atoms with E-state index in [9.17, 15) is 5.11 Å². The summed E-state index contributed by atoms with van der Waals surface area (Å²) in [5.41, 5.74) is 12.2. The number of phenolic OH excluding ortho intramolecular Hbond substituents is 1. The third-order valence-corrected chi connectivity index (χ3v) is 2.85. The Balaban J connectivity index is 2.61. The molecule has 0 spiro atoms. The highest BCUT2D eigenvalue weighted by molar-refractivity contribution is 9.10. The van der Waals surface area contributed by atoms with Crippen molar-refractivity contribution in [3.63, 3.8) is 0 Å². The van der Waals surface area contributed by atoms with Crippen LogP contribution in [-0.2, 0) is 0 Å². The molecule has 1 rings (SSSR count). The lowest BCUT2D eigenvalue weighted by Gasteiger charge is -2.13. The summed E-state index contributed by atoms with van der Waals surface area (Å²) in [5, 5.41) is 9.68. The van der Waals surface area contributed by atoms with Crippen molar-refractivity contribution >= 4 is 15.9 Å². The highest BCUT2D eigenvalue weighted by Crippen LogP contribution is 2.28. The maximum atomic E-state index is 9.68. The van der Waals surface area contributed by atoms with Crippen LogP contribution >= 0.6 is 15.9 Å². The van der Waals surface area contributed by atoms with Gasteiger partial charge in [-0.3, -0.25) is 0 Å². The lowest BCUT2D eigenvalue weighted by Crippen LogP contribution is -2.11. The molecular formula is C11H17BrN2O. The first kappa shape index (κ1) is 12.5. The van der Waals surface area contributed by atoms with Crippen LogP contribution in [0.25, 0.3) is 0 Å². The van der Waals surface area contributed by atoms with Crippen LogP contribution in [0.1, 0.15) is 30.9 Å². The van der Waals surface area contributed by atoms with Gasteiger partial charge < -0.3 is 16.6 Å². The lowest BCUT2D eigenvalue weighted by molar-refractivity contribution is 0.456. The second kappa shape index (κ2) is 6.10.